The van der Waals surface area contributed by atoms with Crippen molar-refractivity contribution in [3.63, 3.8) is 0 Å². The van der Waals surface area contributed by atoms with Crippen molar-refractivity contribution < 1.29 is 0 Å². The number of nitrogens with zero attached hydrogens (tertiary/aromatic N) is 3. The van der Waals surface area contributed by atoms with E-state index in [9.17, 15) is 0 Å². The summed E-state index contributed by atoms with van der Waals surface area (Å²) in [7, 11) is 1.90. The van der Waals surface area contributed by atoms with Crippen LogP contribution < -0.4 is 5.32 Å². The van der Waals surface area contributed by atoms with Gasteiger partial charge in [0.1, 0.15) is 0 Å². The van der Waals surface area contributed by atoms with Crippen molar-refractivity contribution in [2.45, 2.75) is 45.2 Å². The highest BCUT2D eigenvalue weighted by Crippen LogP contribution is 2.20. The van der Waals surface area contributed by atoms with Gasteiger partial charge in [-0.15, -0.1) is 24.0 Å². The molecule has 2 heterocycles. The van der Waals surface area contributed by atoms with Gasteiger partial charge in [-0.2, -0.15) is 0 Å². The summed E-state index contributed by atoms with van der Waals surface area (Å²) in [5.74, 6) is 1.05. The van der Waals surface area contributed by atoms with Crippen molar-refractivity contribution >= 4 is 29.9 Å². The van der Waals surface area contributed by atoms with E-state index in [2.05, 4.69) is 51.3 Å². The monoisotopic (exact) mass is 442 g/mol. The number of halogens is 1. The Labute approximate surface area is 163 Å². The Morgan fingerprint density at radius 3 is 2.54 bits per heavy atom. The van der Waals surface area contributed by atoms with Gasteiger partial charge in [0.2, 0.25) is 0 Å². The highest BCUT2D eigenvalue weighted by Gasteiger charge is 2.30. The van der Waals surface area contributed by atoms with Crippen molar-refractivity contribution in [2.75, 3.05) is 33.2 Å². The summed E-state index contributed by atoms with van der Waals surface area (Å²) in [6, 6.07) is 9.41. The number of rotatable bonds is 4. The van der Waals surface area contributed by atoms with E-state index >= 15 is 0 Å². The largest absolute Gasteiger partial charge is 0.352 e. The number of aliphatic imine (C=N–C) groups is 1. The molecule has 24 heavy (non-hydrogen) atoms. The normalized spacial score (nSPS) is 21.8. The predicted octanol–water partition coefficient (Wildman–Crippen LogP) is 3.11. The zero-order chi connectivity index (χ0) is 16.1. The molecule has 0 bridgehead atoms. The number of hydrogen-bond acceptors (Lipinski definition) is 2. The Hall–Kier alpha value is -0.820. The lowest BCUT2D eigenvalue weighted by Crippen LogP contribution is -2.42. The molecule has 2 aliphatic rings. The number of guanidine groups is 1. The molecule has 1 N–H and O–H groups in total. The van der Waals surface area contributed by atoms with Gasteiger partial charge in [-0.25, -0.2) is 0 Å². The average Bonchev–Trinajstić information content (AvgIpc) is 3.27. The molecular weight excluding hydrogens is 411 g/mol. The third kappa shape index (κ3) is 4.63. The lowest BCUT2D eigenvalue weighted by molar-refractivity contribution is 0.249. The molecule has 5 heteroatoms. The number of aryl methyl sites for hydroxylation is 1. The number of likely N-dealkylation sites (tertiary alicyclic amines) is 2. The van der Waals surface area contributed by atoms with E-state index in [1.54, 1.807) is 0 Å². The van der Waals surface area contributed by atoms with Crippen molar-refractivity contribution in [3.05, 3.63) is 35.4 Å². The Kier molecular flexibility index (Phi) is 7.81. The minimum absolute atomic E-state index is 0. The van der Waals surface area contributed by atoms with Crippen LogP contribution in [0.2, 0.25) is 0 Å². The van der Waals surface area contributed by atoms with Crippen molar-refractivity contribution in [3.8, 4) is 0 Å². The number of hydrogen-bond donors (Lipinski definition) is 1. The summed E-state index contributed by atoms with van der Waals surface area (Å²) >= 11 is 0. The van der Waals surface area contributed by atoms with Crippen LogP contribution in [0, 0.1) is 0 Å². The van der Waals surface area contributed by atoms with Crippen LogP contribution >= 0.6 is 24.0 Å². The molecular formula is C19H31IN4. The molecule has 0 aromatic heterocycles. The predicted molar refractivity (Wildman–Crippen MR) is 112 cm³/mol. The minimum Gasteiger partial charge on any atom is -0.352 e. The van der Waals surface area contributed by atoms with E-state index in [1.165, 1.54) is 43.5 Å². The Morgan fingerprint density at radius 2 is 1.88 bits per heavy atom. The van der Waals surface area contributed by atoms with Crippen LogP contribution in [-0.2, 0) is 13.0 Å². The molecule has 2 saturated heterocycles. The van der Waals surface area contributed by atoms with Gasteiger partial charge >= 0.3 is 0 Å². The lowest BCUT2D eigenvalue weighted by atomic mass is 10.1. The summed E-state index contributed by atoms with van der Waals surface area (Å²) in [6.45, 7) is 7.89. The molecule has 134 valence electrons. The summed E-state index contributed by atoms with van der Waals surface area (Å²) in [4.78, 5) is 9.61. The van der Waals surface area contributed by atoms with Crippen molar-refractivity contribution in [1.82, 2.24) is 15.1 Å². The maximum Gasteiger partial charge on any atom is 0.193 e. The van der Waals surface area contributed by atoms with Crippen LogP contribution in [0.25, 0.3) is 0 Å². The fourth-order valence-corrected chi connectivity index (χ4v) is 3.92. The number of nitrogens with one attached hydrogen (secondary N) is 1. The molecule has 0 radical (unpaired) electrons. The summed E-state index contributed by atoms with van der Waals surface area (Å²) in [5, 5.41) is 3.57. The zero-order valence-corrected chi connectivity index (χ0v) is 17.3. The Morgan fingerprint density at radius 1 is 1.17 bits per heavy atom. The molecule has 3 rings (SSSR count). The fourth-order valence-electron chi connectivity index (χ4n) is 3.92. The second-order valence-electron chi connectivity index (χ2n) is 6.65. The highest BCUT2D eigenvalue weighted by atomic mass is 127. The maximum absolute atomic E-state index is 4.51. The first kappa shape index (κ1) is 19.5. The third-order valence-electron chi connectivity index (χ3n) is 5.27. The maximum atomic E-state index is 4.51. The van der Waals surface area contributed by atoms with E-state index in [0.29, 0.717) is 0 Å². The molecule has 0 spiro atoms. The quantitative estimate of drug-likeness (QED) is 0.442. The molecule has 2 fully saturated rings. The average molecular weight is 442 g/mol. The van der Waals surface area contributed by atoms with Gasteiger partial charge < -0.3 is 10.2 Å². The van der Waals surface area contributed by atoms with Crippen LogP contribution in [0.3, 0.4) is 0 Å². The van der Waals surface area contributed by atoms with Gasteiger partial charge in [0, 0.05) is 32.7 Å². The summed E-state index contributed by atoms with van der Waals surface area (Å²) in [5.41, 5.74) is 2.80. The molecule has 0 saturated carbocycles. The molecule has 4 nitrogen and oxygen atoms in total. The Balaban J connectivity index is 0.00000208. The summed E-state index contributed by atoms with van der Waals surface area (Å²) < 4.78 is 0. The van der Waals surface area contributed by atoms with Crippen molar-refractivity contribution in [1.29, 1.82) is 0 Å². The second kappa shape index (κ2) is 9.61. The number of benzene rings is 1. The van der Waals surface area contributed by atoms with Gasteiger partial charge in [-0.1, -0.05) is 31.2 Å². The first-order valence-corrected chi connectivity index (χ1v) is 9.08. The van der Waals surface area contributed by atoms with E-state index in [0.717, 1.165) is 38.1 Å². The van der Waals surface area contributed by atoms with Gasteiger partial charge in [0.05, 0.1) is 0 Å². The van der Waals surface area contributed by atoms with Gasteiger partial charge in [0.25, 0.3) is 0 Å². The van der Waals surface area contributed by atoms with E-state index in [1.807, 2.05) is 7.05 Å². The van der Waals surface area contributed by atoms with Crippen LogP contribution in [0.4, 0.5) is 0 Å². The van der Waals surface area contributed by atoms with E-state index in [4.69, 9.17) is 0 Å². The van der Waals surface area contributed by atoms with Gasteiger partial charge in [0.15, 0.2) is 5.96 Å². The van der Waals surface area contributed by atoms with E-state index < -0.39 is 0 Å². The van der Waals surface area contributed by atoms with Crippen LogP contribution in [0.15, 0.2) is 29.3 Å². The molecule has 1 aromatic carbocycles. The molecule has 1 aromatic rings. The first-order valence-electron chi connectivity index (χ1n) is 9.08. The lowest BCUT2D eigenvalue weighted by Gasteiger charge is -2.25. The molecule has 0 amide bonds. The zero-order valence-electron chi connectivity index (χ0n) is 15.0. The molecule has 2 aliphatic heterocycles. The molecule has 1 unspecified atom stereocenters. The highest BCUT2D eigenvalue weighted by molar-refractivity contribution is 14.0. The topological polar surface area (TPSA) is 30.9 Å². The third-order valence-corrected chi connectivity index (χ3v) is 5.27. The minimum atomic E-state index is 0. The molecule has 0 aliphatic carbocycles. The van der Waals surface area contributed by atoms with Crippen LogP contribution in [0.1, 0.15) is 37.3 Å². The SMILES string of the molecule is CCc1ccccc1CNC(=NC)N1CCC(N2CCCC2)C1.I. The smallest absolute Gasteiger partial charge is 0.193 e. The molecule has 1 atom stereocenters. The van der Waals surface area contributed by atoms with Crippen LogP contribution in [-0.4, -0.2) is 55.0 Å². The van der Waals surface area contributed by atoms with Crippen LogP contribution in [0.5, 0.6) is 0 Å². The second-order valence-corrected chi connectivity index (χ2v) is 6.65. The fraction of sp³-hybridized carbons (Fsp3) is 0.632. The van der Waals surface area contributed by atoms with Crippen molar-refractivity contribution in [2.24, 2.45) is 4.99 Å². The standard InChI is InChI=1S/C19H30N4.HI/c1-3-16-8-4-5-9-17(16)14-21-19(20-2)23-13-10-18(15-23)22-11-6-7-12-22;/h4-5,8-9,18H,3,6-7,10-15H2,1-2H3,(H,20,21);1H. The first-order chi connectivity index (χ1) is 11.3. The Bertz CT molecular complexity index is 540. The van der Waals surface area contributed by atoms with E-state index in [-0.39, 0.29) is 24.0 Å². The van der Waals surface area contributed by atoms with Gasteiger partial charge in [-0.05, 0) is 49.9 Å². The summed E-state index contributed by atoms with van der Waals surface area (Å²) in [6.07, 6.45) is 5.10. The van der Waals surface area contributed by atoms with Gasteiger partial charge in [-0.3, -0.25) is 9.89 Å².